The van der Waals surface area contributed by atoms with E-state index in [0.717, 1.165) is 5.56 Å². The van der Waals surface area contributed by atoms with Crippen molar-refractivity contribution in [1.82, 2.24) is 15.1 Å². The third kappa shape index (κ3) is 3.69. The summed E-state index contributed by atoms with van der Waals surface area (Å²) in [5.41, 5.74) is 1.45. The third-order valence-electron chi connectivity index (χ3n) is 3.62. The van der Waals surface area contributed by atoms with Crippen molar-refractivity contribution in [1.29, 1.82) is 0 Å². The second kappa shape index (κ2) is 7.02. The number of benzene rings is 1. The molecule has 0 radical (unpaired) electrons. The van der Waals surface area contributed by atoms with Crippen LogP contribution in [-0.2, 0) is 23.1 Å². The van der Waals surface area contributed by atoms with Crippen LogP contribution in [0.5, 0.6) is 11.5 Å². The van der Waals surface area contributed by atoms with E-state index >= 15 is 0 Å². The van der Waals surface area contributed by atoms with Gasteiger partial charge in [0.1, 0.15) is 10.7 Å². The van der Waals surface area contributed by atoms with Crippen LogP contribution in [0.1, 0.15) is 21.6 Å². The number of ether oxygens (including phenoxy) is 3. The fourth-order valence-corrected chi connectivity index (χ4v) is 2.62. The number of nitrogens with zero attached hydrogens (tertiary/aromatic N) is 2. The highest BCUT2D eigenvalue weighted by atomic mass is 35.5. The molecule has 0 fully saturated rings. The molecule has 2 heterocycles. The zero-order chi connectivity index (χ0) is 18.0. The molecule has 1 aromatic heterocycles. The number of aromatic nitrogens is 2. The Morgan fingerprint density at radius 2 is 2.12 bits per heavy atom. The van der Waals surface area contributed by atoms with Crippen molar-refractivity contribution in [3.05, 3.63) is 40.2 Å². The van der Waals surface area contributed by atoms with Gasteiger partial charge in [-0.2, -0.15) is 5.10 Å². The molecule has 25 heavy (non-hydrogen) atoms. The minimum absolute atomic E-state index is 0.160. The van der Waals surface area contributed by atoms with Crippen LogP contribution in [0.3, 0.4) is 0 Å². The van der Waals surface area contributed by atoms with Gasteiger partial charge in [-0.15, -0.1) is 0 Å². The lowest BCUT2D eigenvalue weighted by Gasteiger charge is -2.07. The van der Waals surface area contributed by atoms with Gasteiger partial charge in [-0.1, -0.05) is 17.7 Å². The summed E-state index contributed by atoms with van der Waals surface area (Å²) in [7, 11) is 1.62. The number of carbonyl (C=O) groups is 2. The highest BCUT2D eigenvalue weighted by Gasteiger charge is 2.21. The summed E-state index contributed by atoms with van der Waals surface area (Å²) in [6, 6.07) is 5.38. The highest BCUT2D eigenvalue weighted by molar-refractivity contribution is 6.32. The van der Waals surface area contributed by atoms with Gasteiger partial charge in [0.2, 0.25) is 6.79 Å². The quantitative estimate of drug-likeness (QED) is 0.809. The van der Waals surface area contributed by atoms with Crippen molar-refractivity contribution in [2.45, 2.75) is 13.5 Å². The van der Waals surface area contributed by atoms with Crippen molar-refractivity contribution in [3.8, 4) is 11.5 Å². The summed E-state index contributed by atoms with van der Waals surface area (Å²) >= 11 is 5.99. The van der Waals surface area contributed by atoms with Gasteiger partial charge in [0.25, 0.3) is 5.91 Å². The highest BCUT2D eigenvalue weighted by Crippen LogP contribution is 2.32. The molecule has 0 saturated carbocycles. The zero-order valence-corrected chi connectivity index (χ0v) is 14.4. The number of nitrogens with one attached hydrogen (secondary N) is 1. The number of aryl methyl sites for hydroxylation is 2. The van der Waals surface area contributed by atoms with Crippen LogP contribution in [0, 0.1) is 6.92 Å². The Hall–Kier alpha value is -2.74. The van der Waals surface area contributed by atoms with Gasteiger partial charge in [-0.25, -0.2) is 4.79 Å². The Bertz CT molecular complexity index is 833. The number of esters is 1. The van der Waals surface area contributed by atoms with Gasteiger partial charge in [-0.05, 0) is 24.6 Å². The molecule has 1 N–H and O–H groups in total. The summed E-state index contributed by atoms with van der Waals surface area (Å²) in [6.45, 7) is 1.70. The first-order chi connectivity index (χ1) is 12.0. The summed E-state index contributed by atoms with van der Waals surface area (Å²) in [6.07, 6.45) is 0. The lowest BCUT2D eigenvalue weighted by molar-refractivity contribution is -0.124. The number of halogens is 1. The van der Waals surface area contributed by atoms with Crippen LogP contribution < -0.4 is 14.8 Å². The monoisotopic (exact) mass is 365 g/mol. The zero-order valence-electron chi connectivity index (χ0n) is 13.7. The van der Waals surface area contributed by atoms with Crippen LogP contribution in [0.4, 0.5) is 0 Å². The third-order valence-corrected chi connectivity index (χ3v) is 4.05. The minimum atomic E-state index is -0.686. The van der Waals surface area contributed by atoms with E-state index in [1.807, 2.05) is 6.07 Å². The fourth-order valence-electron chi connectivity index (χ4n) is 2.37. The van der Waals surface area contributed by atoms with Crippen LogP contribution in [0.25, 0.3) is 0 Å². The summed E-state index contributed by atoms with van der Waals surface area (Å²) in [5, 5.41) is 6.86. The topological polar surface area (TPSA) is 91.7 Å². The molecule has 0 atom stereocenters. The molecule has 132 valence electrons. The second-order valence-corrected chi connectivity index (χ2v) is 5.77. The molecule has 1 aliphatic rings. The molecule has 1 amide bonds. The molecule has 0 unspecified atom stereocenters. The van der Waals surface area contributed by atoms with Crippen molar-refractivity contribution < 1.29 is 23.8 Å². The Kier molecular flexibility index (Phi) is 4.80. The average molecular weight is 366 g/mol. The summed E-state index contributed by atoms with van der Waals surface area (Å²) < 4.78 is 16.9. The van der Waals surface area contributed by atoms with Gasteiger partial charge in [0.05, 0.1) is 5.69 Å². The predicted octanol–water partition coefficient (Wildman–Crippen LogP) is 1.58. The Labute approximate surface area is 148 Å². The van der Waals surface area contributed by atoms with Crippen LogP contribution in [0.15, 0.2) is 18.2 Å². The van der Waals surface area contributed by atoms with E-state index in [0.29, 0.717) is 17.2 Å². The Morgan fingerprint density at radius 1 is 1.36 bits per heavy atom. The largest absolute Gasteiger partial charge is 0.454 e. The fraction of sp³-hybridized carbons (Fsp3) is 0.312. The second-order valence-electron chi connectivity index (χ2n) is 5.42. The molecule has 0 bridgehead atoms. The molecular weight excluding hydrogens is 350 g/mol. The number of amides is 1. The SMILES string of the molecule is Cc1nn(C)c(Cl)c1C(=O)OCC(=O)NCc1ccc2c(c1)OCO2. The lowest BCUT2D eigenvalue weighted by atomic mass is 10.2. The molecular formula is C16H16ClN3O5. The van der Waals surface area contributed by atoms with E-state index in [4.69, 9.17) is 25.8 Å². The van der Waals surface area contributed by atoms with Gasteiger partial charge in [-0.3, -0.25) is 9.48 Å². The first kappa shape index (κ1) is 17.1. The number of rotatable bonds is 5. The smallest absolute Gasteiger partial charge is 0.343 e. The standard InChI is InChI=1S/C16H16ClN3O5/c1-9-14(15(17)20(2)19-9)16(22)23-7-13(21)18-6-10-3-4-11-12(5-10)25-8-24-11/h3-5H,6-8H2,1-2H3,(H,18,21). The molecule has 9 heteroatoms. The Morgan fingerprint density at radius 3 is 2.84 bits per heavy atom. The van der Waals surface area contributed by atoms with Gasteiger partial charge in [0.15, 0.2) is 18.1 Å². The van der Waals surface area contributed by atoms with E-state index < -0.39 is 18.5 Å². The van der Waals surface area contributed by atoms with Crippen molar-refractivity contribution in [2.75, 3.05) is 13.4 Å². The summed E-state index contributed by atoms with van der Waals surface area (Å²) in [4.78, 5) is 23.9. The first-order valence-corrected chi connectivity index (χ1v) is 7.85. The lowest BCUT2D eigenvalue weighted by Crippen LogP contribution is -2.28. The van der Waals surface area contributed by atoms with Crippen molar-refractivity contribution in [3.63, 3.8) is 0 Å². The maximum absolute atomic E-state index is 12.0. The van der Waals surface area contributed by atoms with Crippen LogP contribution >= 0.6 is 11.6 Å². The molecule has 1 aromatic carbocycles. The molecule has 0 saturated heterocycles. The first-order valence-electron chi connectivity index (χ1n) is 7.47. The number of hydrogen-bond donors (Lipinski definition) is 1. The number of fused-ring (bicyclic) bond motifs is 1. The molecule has 0 aliphatic carbocycles. The molecule has 2 aromatic rings. The minimum Gasteiger partial charge on any atom is -0.454 e. The van der Waals surface area contributed by atoms with E-state index in [2.05, 4.69) is 10.4 Å². The average Bonchev–Trinajstić information content (AvgIpc) is 3.14. The Balaban J connectivity index is 1.50. The number of hydrogen-bond acceptors (Lipinski definition) is 6. The molecule has 8 nitrogen and oxygen atoms in total. The predicted molar refractivity (Wildman–Crippen MR) is 87.6 cm³/mol. The van der Waals surface area contributed by atoms with Crippen molar-refractivity contribution >= 4 is 23.5 Å². The van der Waals surface area contributed by atoms with Crippen LogP contribution in [0.2, 0.25) is 5.15 Å². The maximum atomic E-state index is 12.0. The summed E-state index contributed by atoms with van der Waals surface area (Å²) in [5.74, 6) is 0.199. The molecule has 0 spiro atoms. The van der Waals surface area contributed by atoms with E-state index in [1.165, 1.54) is 4.68 Å². The van der Waals surface area contributed by atoms with E-state index in [9.17, 15) is 9.59 Å². The molecule has 3 rings (SSSR count). The van der Waals surface area contributed by atoms with E-state index in [1.54, 1.807) is 26.1 Å². The van der Waals surface area contributed by atoms with Crippen molar-refractivity contribution in [2.24, 2.45) is 7.05 Å². The van der Waals surface area contributed by atoms with E-state index in [-0.39, 0.29) is 24.1 Å². The van der Waals surface area contributed by atoms with Gasteiger partial charge in [0, 0.05) is 13.6 Å². The van der Waals surface area contributed by atoms with Gasteiger partial charge < -0.3 is 19.5 Å². The van der Waals surface area contributed by atoms with Crippen LogP contribution in [-0.4, -0.2) is 35.1 Å². The maximum Gasteiger partial charge on any atom is 0.343 e. The van der Waals surface area contributed by atoms with Gasteiger partial charge >= 0.3 is 5.97 Å². The normalized spacial score (nSPS) is 12.1. The molecule has 1 aliphatic heterocycles. The number of carbonyl (C=O) groups excluding carboxylic acids is 2.